The van der Waals surface area contributed by atoms with E-state index in [1.807, 2.05) is 67.6 Å². The first-order chi connectivity index (χ1) is 17.1. The summed E-state index contributed by atoms with van der Waals surface area (Å²) in [6, 6.07) is 20.0. The third-order valence-electron chi connectivity index (χ3n) is 7.14. The van der Waals surface area contributed by atoms with Gasteiger partial charge in [-0.15, -0.1) is 6.58 Å². The molecule has 3 rings (SSSR count). The summed E-state index contributed by atoms with van der Waals surface area (Å²) >= 11 is 0. The molecule has 0 N–H and O–H groups in total. The monoisotopic (exact) mass is 489 g/mol. The molecule has 1 heterocycles. The third-order valence-corrected chi connectivity index (χ3v) is 7.14. The van der Waals surface area contributed by atoms with Crippen LogP contribution < -0.4 is 0 Å². The number of hydrogen-bond donors (Lipinski definition) is 0. The summed E-state index contributed by atoms with van der Waals surface area (Å²) in [5.41, 5.74) is 0.934. The number of rotatable bonds is 12. The summed E-state index contributed by atoms with van der Waals surface area (Å²) in [5.74, 6) is -0.315. The molecule has 0 saturated carbocycles. The van der Waals surface area contributed by atoms with E-state index in [-0.39, 0.29) is 24.3 Å². The molecule has 0 bridgehead atoms. The van der Waals surface area contributed by atoms with E-state index in [0.29, 0.717) is 19.4 Å². The molecule has 0 aromatic heterocycles. The summed E-state index contributed by atoms with van der Waals surface area (Å²) in [5, 5.41) is 0. The van der Waals surface area contributed by atoms with Gasteiger partial charge in [-0.3, -0.25) is 4.99 Å². The number of ether oxygens (including phenoxy) is 1. The highest BCUT2D eigenvalue weighted by atomic mass is 16.7. The number of hydrogen-bond acceptors (Lipinski definition) is 5. The van der Waals surface area contributed by atoms with Crippen molar-refractivity contribution in [1.82, 2.24) is 0 Å². The van der Waals surface area contributed by atoms with Gasteiger partial charge in [-0.05, 0) is 47.4 Å². The number of esters is 1. The van der Waals surface area contributed by atoms with Crippen molar-refractivity contribution in [1.29, 1.82) is 0 Å². The lowest BCUT2D eigenvalue weighted by molar-refractivity contribution is -0.149. The SMILES string of the molecule is C=CCC(CCCCB1OC(C)(C)C(C)(C)O1)(N=C(c1ccccc1)c1ccccc1)C(=O)OCC. The van der Waals surface area contributed by atoms with Crippen molar-refractivity contribution in [3.8, 4) is 0 Å². The molecule has 5 nitrogen and oxygen atoms in total. The van der Waals surface area contributed by atoms with Gasteiger partial charge in [0.1, 0.15) is 0 Å². The largest absolute Gasteiger partial charge is 0.464 e. The average molecular weight is 489 g/mol. The Morgan fingerprint density at radius 3 is 1.97 bits per heavy atom. The topological polar surface area (TPSA) is 57.1 Å². The first-order valence-electron chi connectivity index (χ1n) is 13.0. The van der Waals surface area contributed by atoms with Gasteiger partial charge < -0.3 is 14.0 Å². The molecule has 0 amide bonds. The van der Waals surface area contributed by atoms with Crippen LogP contribution in [0.15, 0.2) is 78.3 Å². The highest BCUT2D eigenvalue weighted by Crippen LogP contribution is 2.38. The van der Waals surface area contributed by atoms with Crippen LogP contribution in [0.3, 0.4) is 0 Å². The molecule has 0 aliphatic carbocycles. The number of aliphatic imine (C=N–C) groups is 1. The summed E-state index contributed by atoms with van der Waals surface area (Å²) < 4.78 is 17.9. The molecule has 2 aromatic rings. The van der Waals surface area contributed by atoms with E-state index in [0.717, 1.165) is 36.0 Å². The Bertz CT molecular complexity index is 978. The van der Waals surface area contributed by atoms with Gasteiger partial charge in [0.2, 0.25) is 0 Å². The normalized spacial score (nSPS) is 17.8. The standard InChI is InChI=1S/C30H40BNO4/c1-7-21-30(27(33)34-8-2,22-15-16-23-31-35-28(3,4)29(5,6)36-31)32-26(24-17-11-9-12-18-24)25-19-13-10-14-20-25/h7,9-14,17-20H,1,8,15-16,21-23H2,2-6H3. The van der Waals surface area contributed by atoms with E-state index in [1.165, 1.54) is 0 Å². The van der Waals surface area contributed by atoms with E-state index in [4.69, 9.17) is 19.0 Å². The van der Waals surface area contributed by atoms with Gasteiger partial charge in [0.05, 0.1) is 23.5 Å². The zero-order chi connectivity index (χ0) is 26.2. The minimum absolute atomic E-state index is 0.251. The number of unbranched alkanes of at least 4 members (excludes halogenated alkanes) is 1. The minimum Gasteiger partial charge on any atom is -0.464 e. The number of carbonyl (C=O) groups excluding carboxylic acids is 1. The predicted octanol–water partition coefficient (Wildman–Crippen LogP) is 6.66. The Morgan fingerprint density at radius 2 is 1.50 bits per heavy atom. The molecule has 6 heteroatoms. The van der Waals surface area contributed by atoms with Crippen LogP contribution in [0.1, 0.15) is 71.4 Å². The molecule has 1 aliphatic rings. The summed E-state index contributed by atoms with van der Waals surface area (Å²) in [4.78, 5) is 18.6. The molecular formula is C30H40BNO4. The fourth-order valence-corrected chi connectivity index (χ4v) is 4.45. The molecule has 1 saturated heterocycles. The van der Waals surface area contributed by atoms with Crippen molar-refractivity contribution >= 4 is 18.8 Å². The van der Waals surface area contributed by atoms with Crippen LogP contribution in [0.2, 0.25) is 6.32 Å². The first kappa shape index (κ1) is 27.9. The molecule has 2 aromatic carbocycles. The van der Waals surface area contributed by atoms with Gasteiger partial charge in [-0.25, -0.2) is 4.79 Å². The van der Waals surface area contributed by atoms with Gasteiger partial charge in [0.25, 0.3) is 0 Å². The lowest BCUT2D eigenvalue weighted by atomic mass is 9.80. The van der Waals surface area contributed by atoms with Crippen LogP contribution in [0.25, 0.3) is 0 Å². The van der Waals surface area contributed by atoms with E-state index in [2.05, 4.69) is 34.3 Å². The molecule has 0 spiro atoms. The number of carbonyl (C=O) groups is 1. The van der Waals surface area contributed by atoms with Crippen LogP contribution >= 0.6 is 0 Å². The van der Waals surface area contributed by atoms with E-state index in [1.54, 1.807) is 6.08 Å². The van der Waals surface area contributed by atoms with Crippen LogP contribution in [0.5, 0.6) is 0 Å². The fourth-order valence-electron chi connectivity index (χ4n) is 4.45. The average Bonchev–Trinajstić information content (AvgIpc) is 3.07. The van der Waals surface area contributed by atoms with Gasteiger partial charge in [0.15, 0.2) is 5.54 Å². The van der Waals surface area contributed by atoms with Gasteiger partial charge in [0, 0.05) is 17.5 Å². The van der Waals surface area contributed by atoms with Gasteiger partial charge in [-0.1, -0.05) is 79.6 Å². The predicted molar refractivity (Wildman–Crippen MR) is 147 cm³/mol. The molecule has 1 aliphatic heterocycles. The van der Waals surface area contributed by atoms with Crippen molar-refractivity contribution in [2.45, 2.75) is 83.4 Å². The van der Waals surface area contributed by atoms with Crippen molar-refractivity contribution in [2.24, 2.45) is 4.99 Å². The molecular weight excluding hydrogens is 449 g/mol. The minimum atomic E-state index is -1.06. The summed E-state index contributed by atoms with van der Waals surface area (Å²) in [6.07, 6.45) is 5.08. The molecule has 1 atom stereocenters. The molecule has 1 fully saturated rings. The van der Waals surface area contributed by atoms with Crippen LogP contribution in [0.4, 0.5) is 0 Å². The molecule has 36 heavy (non-hydrogen) atoms. The lowest BCUT2D eigenvalue weighted by Gasteiger charge is -2.32. The fraction of sp³-hybridized carbons (Fsp3) is 0.467. The second-order valence-corrected chi connectivity index (χ2v) is 10.4. The third kappa shape index (κ3) is 6.54. The van der Waals surface area contributed by atoms with Gasteiger partial charge >= 0.3 is 13.1 Å². The van der Waals surface area contributed by atoms with E-state index < -0.39 is 5.54 Å². The number of nitrogens with zero attached hydrogens (tertiary/aromatic N) is 1. The maximum absolute atomic E-state index is 13.4. The molecule has 1 unspecified atom stereocenters. The zero-order valence-electron chi connectivity index (χ0n) is 22.5. The molecule has 192 valence electrons. The van der Waals surface area contributed by atoms with Crippen LogP contribution in [0, 0.1) is 0 Å². The smallest absolute Gasteiger partial charge is 0.457 e. The Kier molecular flexibility index (Phi) is 9.32. The van der Waals surface area contributed by atoms with E-state index in [9.17, 15) is 4.79 Å². The Balaban J connectivity index is 1.89. The first-order valence-corrected chi connectivity index (χ1v) is 13.0. The highest BCUT2D eigenvalue weighted by molar-refractivity contribution is 6.45. The summed E-state index contributed by atoms with van der Waals surface area (Å²) in [7, 11) is -0.251. The maximum atomic E-state index is 13.4. The number of benzene rings is 2. The Labute approximate surface area is 217 Å². The van der Waals surface area contributed by atoms with Crippen LogP contribution in [-0.4, -0.2) is 42.1 Å². The second-order valence-electron chi connectivity index (χ2n) is 10.4. The van der Waals surface area contributed by atoms with Gasteiger partial charge in [-0.2, -0.15) is 0 Å². The van der Waals surface area contributed by atoms with Crippen molar-refractivity contribution in [3.63, 3.8) is 0 Å². The Hall–Kier alpha value is -2.70. The van der Waals surface area contributed by atoms with Crippen molar-refractivity contribution < 1.29 is 18.8 Å². The summed E-state index contributed by atoms with van der Waals surface area (Å²) in [6.45, 7) is 14.3. The quantitative estimate of drug-likeness (QED) is 0.110. The van der Waals surface area contributed by atoms with E-state index >= 15 is 0 Å². The zero-order valence-corrected chi connectivity index (χ0v) is 22.5. The molecule has 0 radical (unpaired) electrons. The maximum Gasteiger partial charge on any atom is 0.457 e. The Morgan fingerprint density at radius 1 is 0.972 bits per heavy atom. The second kappa shape index (κ2) is 12.0. The van der Waals surface area contributed by atoms with Crippen molar-refractivity contribution in [2.75, 3.05) is 6.61 Å². The highest BCUT2D eigenvalue weighted by Gasteiger charge is 2.50. The van der Waals surface area contributed by atoms with Crippen molar-refractivity contribution in [3.05, 3.63) is 84.4 Å². The van der Waals surface area contributed by atoms with Crippen LogP contribution in [-0.2, 0) is 18.8 Å². The lowest BCUT2D eigenvalue weighted by Crippen LogP contribution is -2.41.